The number of aromatic nitrogens is 2. The van der Waals surface area contributed by atoms with Crippen LogP contribution in [0.4, 0.5) is 5.82 Å². The molecule has 21 heavy (non-hydrogen) atoms. The maximum absolute atomic E-state index is 9.90. The van der Waals surface area contributed by atoms with E-state index in [1.165, 1.54) is 0 Å². The minimum absolute atomic E-state index is 0.339. The van der Waals surface area contributed by atoms with Crippen LogP contribution in [0.2, 0.25) is 0 Å². The number of aryl methyl sites for hydroxylation is 2. The van der Waals surface area contributed by atoms with Crippen molar-refractivity contribution in [1.82, 2.24) is 9.97 Å². The standard InChI is InChI=1S/C17H23N3O/c1-10(2)6-14-9-15(18-5)20-17(19-14)13-7-11(3)16(21)12(4)8-13/h7-10,21H,6H2,1-5H3,(H,18,19,20). The van der Waals surface area contributed by atoms with E-state index < -0.39 is 0 Å². The third-order valence-electron chi connectivity index (χ3n) is 3.40. The number of benzene rings is 1. The first-order chi connectivity index (χ1) is 9.90. The first-order valence-corrected chi connectivity index (χ1v) is 7.27. The van der Waals surface area contributed by atoms with Gasteiger partial charge in [-0.2, -0.15) is 0 Å². The van der Waals surface area contributed by atoms with Crippen LogP contribution in [0.1, 0.15) is 30.7 Å². The third kappa shape index (κ3) is 3.51. The Hall–Kier alpha value is -2.10. The highest BCUT2D eigenvalue weighted by Crippen LogP contribution is 2.28. The molecule has 1 aromatic heterocycles. The molecule has 2 rings (SSSR count). The van der Waals surface area contributed by atoms with Gasteiger partial charge in [-0.15, -0.1) is 0 Å². The number of rotatable bonds is 4. The first kappa shape index (κ1) is 15.3. The van der Waals surface area contributed by atoms with Gasteiger partial charge in [0, 0.05) is 24.4 Å². The van der Waals surface area contributed by atoms with Crippen molar-refractivity contribution in [2.24, 2.45) is 5.92 Å². The summed E-state index contributed by atoms with van der Waals surface area (Å²) in [6.07, 6.45) is 0.917. The average Bonchev–Trinajstić information content (AvgIpc) is 2.43. The molecular formula is C17H23N3O. The van der Waals surface area contributed by atoms with Crippen LogP contribution >= 0.6 is 0 Å². The molecule has 0 atom stereocenters. The van der Waals surface area contributed by atoms with Gasteiger partial charge in [0.1, 0.15) is 11.6 Å². The zero-order valence-corrected chi connectivity index (χ0v) is 13.4. The number of nitrogens with one attached hydrogen (secondary N) is 1. The summed E-state index contributed by atoms with van der Waals surface area (Å²) in [5.41, 5.74) is 3.65. The van der Waals surface area contributed by atoms with Gasteiger partial charge in [0.15, 0.2) is 5.82 Å². The molecule has 112 valence electrons. The molecule has 2 N–H and O–H groups in total. The van der Waals surface area contributed by atoms with Crippen LogP contribution in [0.5, 0.6) is 5.75 Å². The van der Waals surface area contributed by atoms with Crippen molar-refractivity contribution >= 4 is 5.82 Å². The summed E-state index contributed by atoms with van der Waals surface area (Å²) in [6.45, 7) is 8.14. The quantitative estimate of drug-likeness (QED) is 0.899. The molecule has 0 aliphatic carbocycles. The number of phenolic OH excluding ortho intramolecular Hbond substituents is 1. The Bertz CT molecular complexity index is 627. The van der Waals surface area contributed by atoms with E-state index in [4.69, 9.17) is 0 Å². The van der Waals surface area contributed by atoms with Gasteiger partial charge in [0.25, 0.3) is 0 Å². The minimum Gasteiger partial charge on any atom is -0.507 e. The Morgan fingerprint density at radius 2 is 1.71 bits per heavy atom. The summed E-state index contributed by atoms with van der Waals surface area (Å²) < 4.78 is 0. The molecule has 0 bridgehead atoms. The van der Waals surface area contributed by atoms with E-state index in [-0.39, 0.29) is 0 Å². The smallest absolute Gasteiger partial charge is 0.161 e. The van der Waals surface area contributed by atoms with Crippen LogP contribution in [0.3, 0.4) is 0 Å². The number of anilines is 1. The number of phenols is 1. The van der Waals surface area contributed by atoms with Crippen molar-refractivity contribution in [1.29, 1.82) is 0 Å². The molecule has 0 radical (unpaired) electrons. The topological polar surface area (TPSA) is 58.0 Å². The van der Waals surface area contributed by atoms with E-state index >= 15 is 0 Å². The van der Waals surface area contributed by atoms with Gasteiger partial charge in [0.2, 0.25) is 0 Å². The first-order valence-electron chi connectivity index (χ1n) is 7.27. The Labute approximate surface area is 126 Å². The van der Waals surface area contributed by atoms with Crippen LogP contribution in [-0.2, 0) is 6.42 Å². The molecule has 0 saturated carbocycles. The van der Waals surface area contributed by atoms with Crippen LogP contribution in [0.25, 0.3) is 11.4 Å². The second-order valence-electron chi connectivity index (χ2n) is 5.87. The molecule has 2 aromatic rings. The lowest BCUT2D eigenvalue weighted by Gasteiger charge is -2.11. The number of nitrogens with zero attached hydrogens (tertiary/aromatic N) is 2. The van der Waals surface area contributed by atoms with Gasteiger partial charge in [0.05, 0.1) is 0 Å². The summed E-state index contributed by atoms with van der Waals surface area (Å²) in [5.74, 6) is 2.40. The minimum atomic E-state index is 0.339. The summed E-state index contributed by atoms with van der Waals surface area (Å²) in [5, 5.41) is 13.0. The van der Waals surface area contributed by atoms with Gasteiger partial charge in [-0.1, -0.05) is 13.8 Å². The molecule has 0 amide bonds. The van der Waals surface area contributed by atoms with Crippen molar-refractivity contribution in [3.63, 3.8) is 0 Å². The third-order valence-corrected chi connectivity index (χ3v) is 3.40. The lowest BCUT2D eigenvalue weighted by molar-refractivity contribution is 0.467. The lowest BCUT2D eigenvalue weighted by atomic mass is 10.0. The van der Waals surface area contributed by atoms with Crippen LogP contribution in [-0.4, -0.2) is 22.1 Å². The van der Waals surface area contributed by atoms with Crippen molar-refractivity contribution in [3.8, 4) is 17.1 Å². The summed E-state index contributed by atoms with van der Waals surface area (Å²) >= 11 is 0. The molecular weight excluding hydrogens is 262 g/mol. The van der Waals surface area contributed by atoms with Crippen molar-refractivity contribution in [2.45, 2.75) is 34.1 Å². The number of hydrogen-bond acceptors (Lipinski definition) is 4. The maximum Gasteiger partial charge on any atom is 0.161 e. The van der Waals surface area contributed by atoms with E-state index in [2.05, 4.69) is 29.1 Å². The molecule has 0 fully saturated rings. The number of aromatic hydroxyl groups is 1. The summed E-state index contributed by atoms with van der Waals surface area (Å²) in [4.78, 5) is 9.21. The lowest BCUT2D eigenvalue weighted by Crippen LogP contribution is -2.04. The highest BCUT2D eigenvalue weighted by molar-refractivity contribution is 5.62. The monoisotopic (exact) mass is 285 g/mol. The SMILES string of the molecule is CNc1cc(CC(C)C)nc(-c2cc(C)c(O)c(C)c2)n1. The van der Waals surface area contributed by atoms with Crippen LogP contribution in [0.15, 0.2) is 18.2 Å². The summed E-state index contributed by atoms with van der Waals surface area (Å²) in [7, 11) is 1.86. The highest BCUT2D eigenvalue weighted by atomic mass is 16.3. The van der Waals surface area contributed by atoms with Gasteiger partial charge in [-0.3, -0.25) is 0 Å². The molecule has 0 aliphatic rings. The number of hydrogen-bond donors (Lipinski definition) is 2. The van der Waals surface area contributed by atoms with Crippen molar-refractivity contribution in [3.05, 3.63) is 35.0 Å². The zero-order valence-electron chi connectivity index (χ0n) is 13.4. The van der Waals surface area contributed by atoms with Crippen molar-refractivity contribution < 1.29 is 5.11 Å². The van der Waals surface area contributed by atoms with Gasteiger partial charge in [-0.05, 0) is 49.4 Å². The van der Waals surface area contributed by atoms with Crippen LogP contribution in [0, 0.1) is 19.8 Å². The molecule has 0 unspecified atom stereocenters. The Kier molecular flexibility index (Phi) is 4.46. The second-order valence-corrected chi connectivity index (χ2v) is 5.87. The molecule has 1 aromatic carbocycles. The van der Waals surface area contributed by atoms with Crippen LogP contribution < -0.4 is 5.32 Å². The van der Waals surface area contributed by atoms with Gasteiger partial charge < -0.3 is 10.4 Å². The average molecular weight is 285 g/mol. The van der Waals surface area contributed by atoms with E-state index in [1.54, 1.807) is 0 Å². The van der Waals surface area contributed by atoms with Crippen molar-refractivity contribution in [2.75, 3.05) is 12.4 Å². The molecule has 4 heteroatoms. The molecule has 4 nitrogen and oxygen atoms in total. The summed E-state index contributed by atoms with van der Waals surface area (Å²) in [6, 6.07) is 5.84. The Balaban J connectivity index is 2.52. The van der Waals surface area contributed by atoms with E-state index in [0.29, 0.717) is 17.5 Å². The van der Waals surface area contributed by atoms with E-state index in [0.717, 1.165) is 34.6 Å². The van der Waals surface area contributed by atoms with Gasteiger partial charge >= 0.3 is 0 Å². The zero-order chi connectivity index (χ0) is 15.6. The molecule has 1 heterocycles. The molecule has 0 spiro atoms. The maximum atomic E-state index is 9.90. The Morgan fingerprint density at radius 1 is 1.10 bits per heavy atom. The van der Waals surface area contributed by atoms with Gasteiger partial charge in [-0.25, -0.2) is 9.97 Å². The predicted octanol–water partition coefficient (Wildman–Crippen LogP) is 3.71. The largest absolute Gasteiger partial charge is 0.507 e. The molecule has 0 aliphatic heterocycles. The fourth-order valence-electron chi connectivity index (χ4n) is 2.36. The fourth-order valence-corrected chi connectivity index (χ4v) is 2.36. The normalized spacial score (nSPS) is 11.0. The fraction of sp³-hybridized carbons (Fsp3) is 0.412. The van der Waals surface area contributed by atoms with E-state index in [1.807, 2.05) is 39.1 Å². The Morgan fingerprint density at radius 3 is 2.24 bits per heavy atom. The second kappa shape index (κ2) is 6.12. The van der Waals surface area contributed by atoms with E-state index in [9.17, 15) is 5.11 Å². The predicted molar refractivity (Wildman–Crippen MR) is 86.7 cm³/mol. The highest BCUT2D eigenvalue weighted by Gasteiger charge is 2.11. The molecule has 0 saturated heterocycles.